The van der Waals surface area contributed by atoms with E-state index in [9.17, 15) is 9.59 Å². The summed E-state index contributed by atoms with van der Waals surface area (Å²) in [6.07, 6.45) is 0. The smallest absolute Gasteiger partial charge is 0.267 e. The van der Waals surface area contributed by atoms with E-state index < -0.39 is 11.8 Å². The normalized spacial score (nSPS) is 15.9. The predicted octanol–water partition coefficient (Wildman–Crippen LogP) is 4.50. The molecule has 0 radical (unpaired) electrons. The molecule has 3 nitrogen and oxygen atoms in total. The molecule has 0 spiro atoms. The van der Waals surface area contributed by atoms with Crippen molar-refractivity contribution >= 4 is 40.7 Å². The fraction of sp³-hybridized carbons (Fsp3) is 0.375. The van der Waals surface area contributed by atoms with E-state index in [0.29, 0.717) is 5.69 Å². The second-order valence-corrected chi connectivity index (χ2v) is 6.42. The second kappa shape index (κ2) is 5.82. The molecule has 1 aliphatic heterocycles. The number of benzene rings is 1. The summed E-state index contributed by atoms with van der Waals surface area (Å²) in [6, 6.07) is 5.79. The van der Waals surface area contributed by atoms with Crippen LogP contribution in [0.25, 0.3) is 0 Å². The van der Waals surface area contributed by atoms with Gasteiger partial charge in [-0.2, -0.15) is 0 Å². The maximum Gasteiger partial charge on any atom is 0.278 e. The molecular formula is C16H17Cl2NO2. The van der Waals surface area contributed by atoms with Gasteiger partial charge in [0.25, 0.3) is 11.8 Å². The highest BCUT2D eigenvalue weighted by atomic mass is 35.5. The summed E-state index contributed by atoms with van der Waals surface area (Å²) >= 11 is 11.7. The quantitative estimate of drug-likeness (QED) is 0.767. The van der Waals surface area contributed by atoms with Gasteiger partial charge in [0, 0.05) is 0 Å². The number of nitrogens with zero attached hydrogens (tertiary/aromatic N) is 1. The molecule has 0 atom stereocenters. The van der Waals surface area contributed by atoms with E-state index in [2.05, 4.69) is 0 Å². The number of anilines is 1. The summed E-state index contributed by atoms with van der Waals surface area (Å²) < 4.78 is 0. The van der Waals surface area contributed by atoms with Crippen molar-refractivity contribution in [2.45, 2.75) is 39.5 Å². The Hall–Kier alpha value is -1.32. The van der Waals surface area contributed by atoms with Gasteiger partial charge in [0.05, 0.1) is 5.69 Å². The fourth-order valence-corrected chi connectivity index (χ4v) is 2.78. The van der Waals surface area contributed by atoms with Crippen molar-refractivity contribution in [1.29, 1.82) is 0 Å². The predicted molar refractivity (Wildman–Crippen MR) is 85.8 cm³/mol. The van der Waals surface area contributed by atoms with E-state index in [1.807, 2.05) is 45.9 Å². The molecule has 1 aromatic carbocycles. The summed E-state index contributed by atoms with van der Waals surface area (Å²) in [5.74, 6) is -0.779. The lowest BCUT2D eigenvalue weighted by molar-refractivity contribution is -0.120. The average Bonchev–Trinajstić information content (AvgIpc) is 2.62. The van der Waals surface area contributed by atoms with Crippen LogP contribution < -0.4 is 4.90 Å². The van der Waals surface area contributed by atoms with Gasteiger partial charge in [0.15, 0.2) is 0 Å². The SMILES string of the molecule is CC(C)c1cccc(C(C)C)c1N1C(=O)C(Cl)=C(Cl)C1=O. The molecule has 0 aliphatic carbocycles. The van der Waals surface area contributed by atoms with Crippen molar-refractivity contribution in [3.63, 3.8) is 0 Å². The second-order valence-electron chi connectivity index (χ2n) is 5.67. The molecule has 1 aromatic rings. The van der Waals surface area contributed by atoms with Crippen molar-refractivity contribution in [1.82, 2.24) is 0 Å². The third-order valence-corrected chi connectivity index (χ3v) is 4.34. The summed E-state index contributed by atoms with van der Waals surface area (Å²) in [5.41, 5.74) is 2.48. The Kier molecular flexibility index (Phi) is 4.45. The molecule has 0 fully saturated rings. The van der Waals surface area contributed by atoms with Gasteiger partial charge in [-0.3, -0.25) is 9.59 Å². The van der Waals surface area contributed by atoms with Gasteiger partial charge < -0.3 is 0 Å². The van der Waals surface area contributed by atoms with Crippen LogP contribution in [0.4, 0.5) is 5.69 Å². The maximum absolute atomic E-state index is 12.3. The van der Waals surface area contributed by atoms with Crippen molar-refractivity contribution in [2.24, 2.45) is 0 Å². The molecule has 1 heterocycles. The van der Waals surface area contributed by atoms with Gasteiger partial charge in [0.1, 0.15) is 10.1 Å². The molecule has 0 unspecified atom stereocenters. The Morgan fingerprint density at radius 3 is 1.57 bits per heavy atom. The minimum Gasteiger partial charge on any atom is -0.267 e. The molecule has 0 N–H and O–H groups in total. The van der Waals surface area contributed by atoms with E-state index in [1.165, 1.54) is 0 Å². The molecular weight excluding hydrogens is 309 g/mol. The van der Waals surface area contributed by atoms with Crippen molar-refractivity contribution in [2.75, 3.05) is 4.90 Å². The molecule has 2 amide bonds. The number of carbonyl (C=O) groups excluding carboxylic acids is 2. The zero-order chi connectivity index (χ0) is 15.9. The topological polar surface area (TPSA) is 37.4 Å². The zero-order valence-corrected chi connectivity index (χ0v) is 13.9. The van der Waals surface area contributed by atoms with E-state index in [4.69, 9.17) is 23.2 Å². The largest absolute Gasteiger partial charge is 0.278 e. The number of imide groups is 1. The number of hydrogen-bond acceptors (Lipinski definition) is 2. The van der Waals surface area contributed by atoms with Crippen molar-refractivity contribution in [3.05, 3.63) is 39.4 Å². The number of amides is 2. The van der Waals surface area contributed by atoms with Crippen LogP contribution in [0.1, 0.15) is 50.7 Å². The lowest BCUT2D eigenvalue weighted by Gasteiger charge is -2.25. The van der Waals surface area contributed by atoms with Crippen LogP contribution in [-0.2, 0) is 9.59 Å². The Balaban J connectivity index is 2.69. The lowest BCUT2D eigenvalue weighted by atomic mass is 9.92. The third kappa shape index (κ3) is 2.60. The first kappa shape index (κ1) is 16.1. The molecule has 1 aliphatic rings. The molecule has 5 heteroatoms. The molecule has 2 rings (SSSR count). The highest BCUT2D eigenvalue weighted by molar-refractivity contribution is 6.62. The number of para-hydroxylation sites is 1. The molecule has 0 saturated carbocycles. The summed E-state index contributed by atoms with van der Waals surface area (Å²) in [6.45, 7) is 8.07. The van der Waals surface area contributed by atoms with Crippen molar-refractivity contribution in [3.8, 4) is 0 Å². The van der Waals surface area contributed by atoms with Crippen LogP contribution in [0.2, 0.25) is 0 Å². The lowest BCUT2D eigenvalue weighted by Crippen LogP contribution is -2.33. The van der Waals surface area contributed by atoms with Crippen LogP contribution in [0.3, 0.4) is 0 Å². The molecule has 0 saturated heterocycles. The van der Waals surface area contributed by atoms with Gasteiger partial charge in [-0.1, -0.05) is 69.1 Å². The maximum atomic E-state index is 12.3. The number of halogens is 2. The fourth-order valence-electron chi connectivity index (χ4n) is 2.45. The van der Waals surface area contributed by atoms with Gasteiger partial charge in [-0.05, 0) is 23.0 Å². The van der Waals surface area contributed by atoms with Gasteiger partial charge in [-0.15, -0.1) is 0 Å². The molecule has 112 valence electrons. The van der Waals surface area contributed by atoms with Crippen LogP contribution in [0.5, 0.6) is 0 Å². The monoisotopic (exact) mass is 325 g/mol. The van der Waals surface area contributed by atoms with Crippen LogP contribution >= 0.6 is 23.2 Å². The summed E-state index contributed by atoms with van der Waals surface area (Å²) in [7, 11) is 0. The van der Waals surface area contributed by atoms with Crippen LogP contribution in [0, 0.1) is 0 Å². The number of rotatable bonds is 3. The van der Waals surface area contributed by atoms with E-state index >= 15 is 0 Å². The van der Waals surface area contributed by atoms with Gasteiger partial charge in [0.2, 0.25) is 0 Å². The Bertz CT molecular complexity index is 597. The van der Waals surface area contributed by atoms with E-state index in [-0.39, 0.29) is 21.9 Å². The molecule has 0 aromatic heterocycles. The van der Waals surface area contributed by atoms with Crippen LogP contribution in [0.15, 0.2) is 28.3 Å². The van der Waals surface area contributed by atoms with Gasteiger partial charge in [-0.25, -0.2) is 4.90 Å². The number of carbonyl (C=O) groups is 2. The van der Waals surface area contributed by atoms with E-state index in [1.54, 1.807) is 0 Å². The zero-order valence-electron chi connectivity index (χ0n) is 12.4. The molecule has 21 heavy (non-hydrogen) atoms. The summed E-state index contributed by atoms with van der Waals surface area (Å²) in [4.78, 5) is 25.7. The minimum absolute atomic E-state index is 0.164. The average molecular weight is 326 g/mol. The highest BCUT2D eigenvalue weighted by Crippen LogP contribution is 2.40. The first-order valence-electron chi connectivity index (χ1n) is 6.84. The summed E-state index contributed by atoms with van der Waals surface area (Å²) in [5, 5.41) is -0.426. The highest BCUT2D eigenvalue weighted by Gasteiger charge is 2.40. The van der Waals surface area contributed by atoms with Crippen molar-refractivity contribution < 1.29 is 9.59 Å². The Morgan fingerprint density at radius 1 is 0.857 bits per heavy atom. The third-order valence-electron chi connectivity index (χ3n) is 3.54. The first-order valence-corrected chi connectivity index (χ1v) is 7.59. The standard InChI is InChI=1S/C16H17Cl2NO2/c1-8(2)10-6-5-7-11(9(3)4)14(10)19-15(20)12(17)13(18)16(19)21/h5-9H,1-4H3. The Morgan fingerprint density at radius 2 is 1.24 bits per heavy atom. The minimum atomic E-state index is -0.554. The number of hydrogen-bond donors (Lipinski definition) is 0. The van der Waals surface area contributed by atoms with Crippen LogP contribution in [-0.4, -0.2) is 11.8 Å². The molecule has 0 bridgehead atoms. The first-order chi connectivity index (χ1) is 9.77. The Labute approximate surface area is 134 Å². The van der Waals surface area contributed by atoms with E-state index in [0.717, 1.165) is 16.0 Å². The van der Waals surface area contributed by atoms with Gasteiger partial charge >= 0.3 is 0 Å².